The van der Waals surface area contributed by atoms with Gasteiger partial charge < -0.3 is 5.32 Å². The molecule has 1 atom stereocenters. The summed E-state index contributed by atoms with van der Waals surface area (Å²) in [5.41, 5.74) is -0.789. The summed E-state index contributed by atoms with van der Waals surface area (Å²) in [7, 11) is -4.30. The monoisotopic (exact) mass is 466 g/mol. The molecule has 5 nitrogen and oxygen atoms in total. The van der Waals surface area contributed by atoms with Gasteiger partial charge in [-0.2, -0.15) is 17.5 Å². The van der Waals surface area contributed by atoms with Crippen LogP contribution in [-0.4, -0.2) is 31.2 Å². The Kier molecular flexibility index (Phi) is 6.14. The predicted octanol–water partition coefficient (Wildman–Crippen LogP) is 4.80. The number of nitrogens with zero attached hydrogens (tertiary/aromatic N) is 1. The number of amides is 1. The average Bonchev–Trinajstić information content (AvgIpc) is 3.11. The predicted molar refractivity (Wildman–Crippen MR) is 103 cm³/mol. The minimum absolute atomic E-state index is 0.0208. The van der Waals surface area contributed by atoms with E-state index in [1.165, 1.54) is 18.2 Å². The van der Waals surface area contributed by atoms with Gasteiger partial charge in [0, 0.05) is 22.3 Å². The first-order valence-corrected chi connectivity index (χ1v) is 10.6. The number of hydrogen-bond acceptors (Lipinski definition) is 3. The van der Waals surface area contributed by atoms with Gasteiger partial charge in [0.25, 0.3) is 0 Å². The van der Waals surface area contributed by atoms with Gasteiger partial charge in [0.1, 0.15) is 6.04 Å². The molecular formula is C18H15Cl2F3N2O3S. The summed E-state index contributed by atoms with van der Waals surface area (Å²) in [5, 5.41) is 3.13. The third-order valence-electron chi connectivity index (χ3n) is 4.40. The van der Waals surface area contributed by atoms with Gasteiger partial charge in [0.15, 0.2) is 0 Å². The number of halogens is 5. The van der Waals surface area contributed by atoms with Crippen LogP contribution in [0.5, 0.6) is 0 Å². The number of benzene rings is 2. The molecule has 2 aromatic carbocycles. The van der Waals surface area contributed by atoms with Crippen LogP contribution in [0.3, 0.4) is 0 Å². The van der Waals surface area contributed by atoms with Crippen molar-refractivity contribution < 1.29 is 26.4 Å². The lowest BCUT2D eigenvalue weighted by molar-refractivity contribution is -0.137. The molecule has 0 aromatic heterocycles. The maximum atomic E-state index is 13.0. The van der Waals surface area contributed by atoms with E-state index in [4.69, 9.17) is 23.2 Å². The molecule has 1 aliphatic heterocycles. The third kappa shape index (κ3) is 4.85. The van der Waals surface area contributed by atoms with Crippen LogP contribution in [-0.2, 0) is 21.0 Å². The van der Waals surface area contributed by atoms with Crippen molar-refractivity contribution in [1.29, 1.82) is 0 Å². The summed E-state index contributed by atoms with van der Waals surface area (Å²) in [6.45, 7) is 0.0208. The van der Waals surface area contributed by atoms with E-state index in [1.807, 2.05) is 0 Å². The molecule has 0 spiro atoms. The van der Waals surface area contributed by atoms with Crippen LogP contribution in [0.2, 0.25) is 10.0 Å². The van der Waals surface area contributed by atoms with Crippen LogP contribution in [0.25, 0.3) is 0 Å². The van der Waals surface area contributed by atoms with Crippen LogP contribution in [0.1, 0.15) is 18.4 Å². The maximum absolute atomic E-state index is 13.0. The lowest BCUT2D eigenvalue weighted by Crippen LogP contribution is -2.43. The number of carbonyl (C=O) groups excluding carboxylic acids is 1. The van der Waals surface area contributed by atoms with Gasteiger partial charge in [-0.05, 0) is 49.2 Å². The van der Waals surface area contributed by atoms with E-state index in [2.05, 4.69) is 5.32 Å². The molecule has 1 fully saturated rings. The lowest BCUT2D eigenvalue weighted by Gasteiger charge is -2.24. The fourth-order valence-corrected chi connectivity index (χ4v) is 5.34. The molecule has 29 heavy (non-hydrogen) atoms. The second kappa shape index (κ2) is 8.14. The zero-order valence-electron chi connectivity index (χ0n) is 14.7. The number of anilines is 1. The van der Waals surface area contributed by atoms with Crippen molar-refractivity contribution in [3.05, 3.63) is 58.1 Å². The summed E-state index contributed by atoms with van der Waals surface area (Å²) in [5.74, 6) is -0.614. The van der Waals surface area contributed by atoms with Gasteiger partial charge >= 0.3 is 6.18 Å². The Hall–Kier alpha value is -1.81. The van der Waals surface area contributed by atoms with E-state index in [1.54, 1.807) is 0 Å². The standard InChI is InChI=1S/C18H15Cl2F3N2O3S/c19-12-8-13(20)10-14(9-12)24-17(26)16-5-2-6-25(16)29(27,28)15-4-1-3-11(7-15)18(21,22)23/h1,3-4,7-10,16H,2,5-6H2,(H,24,26). The Morgan fingerprint density at radius 3 is 2.38 bits per heavy atom. The number of rotatable bonds is 4. The Morgan fingerprint density at radius 1 is 1.10 bits per heavy atom. The normalized spacial score (nSPS) is 18.0. The van der Waals surface area contributed by atoms with Gasteiger partial charge in [-0.25, -0.2) is 8.42 Å². The van der Waals surface area contributed by atoms with E-state index in [9.17, 15) is 26.4 Å². The first-order valence-electron chi connectivity index (χ1n) is 8.44. The van der Waals surface area contributed by atoms with Crippen LogP contribution in [0.15, 0.2) is 47.4 Å². The fraction of sp³-hybridized carbons (Fsp3) is 0.278. The molecule has 2 aromatic rings. The van der Waals surface area contributed by atoms with Crippen LogP contribution >= 0.6 is 23.2 Å². The highest BCUT2D eigenvalue weighted by Crippen LogP contribution is 2.33. The Labute approximate surface area is 175 Å². The minimum Gasteiger partial charge on any atom is -0.325 e. The molecule has 1 unspecified atom stereocenters. The molecule has 3 rings (SSSR count). The molecular weight excluding hydrogens is 452 g/mol. The Balaban J connectivity index is 1.87. The Bertz CT molecular complexity index is 1020. The van der Waals surface area contributed by atoms with Gasteiger partial charge in [-0.15, -0.1) is 0 Å². The second-order valence-electron chi connectivity index (χ2n) is 6.45. The molecule has 0 bridgehead atoms. The quantitative estimate of drug-likeness (QED) is 0.703. The van der Waals surface area contributed by atoms with Crippen molar-refractivity contribution in [3.63, 3.8) is 0 Å². The van der Waals surface area contributed by atoms with E-state index in [-0.39, 0.29) is 28.7 Å². The van der Waals surface area contributed by atoms with E-state index in [0.717, 1.165) is 22.5 Å². The summed E-state index contributed by atoms with van der Waals surface area (Å²) < 4.78 is 65.6. The molecule has 0 radical (unpaired) electrons. The fourth-order valence-electron chi connectivity index (χ4n) is 3.11. The zero-order chi connectivity index (χ0) is 21.4. The summed E-state index contributed by atoms with van der Waals surface area (Å²) in [6, 6.07) is 6.77. The van der Waals surface area contributed by atoms with Gasteiger partial charge in [-0.1, -0.05) is 29.3 Å². The lowest BCUT2D eigenvalue weighted by atomic mass is 10.2. The summed E-state index contributed by atoms with van der Waals surface area (Å²) in [4.78, 5) is 12.2. The first-order chi connectivity index (χ1) is 13.5. The number of sulfonamides is 1. The summed E-state index contributed by atoms with van der Waals surface area (Å²) >= 11 is 11.8. The molecule has 11 heteroatoms. The number of alkyl halides is 3. The molecule has 1 saturated heterocycles. The van der Waals surface area contributed by atoms with E-state index >= 15 is 0 Å². The van der Waals surface area contributed by atoms with Crippen molar-refractivity contribution in [2.45, 2.75) is 30.0 Å². The minimum atomic E-state index is -4.68. The third-order valence-corrected chi connectivity index (χ3v) is 6.74. The maximum Gasteiger partial charge on any atom is 0.416 e. The first kappa shape index (κ1) is 21.9. The molecule has 0 saturated carbocycles. The van der Waals surface area contributed by atoms with Gasteiger partial charge in [0.05, 0.1) is 10.5 Å². The zero-order valence-corrected chi connectivity index (χ0v) is 17.0. The SMILES string of the molecule is O=C(Nc1cc(Cl)cc(Cl)c1)C1CCCN1S(=O)(=O)c1cccc(C(F)(F)F)c1. The van der Waals surface area contributed by atoms with Crippen LogP contribution < -0.4 is 5.32 Å². The van der Waals surface area contributed by atoms with E-state index in [0.29, 0.717) is 12.5 Å². The highest BCUT2D eigenvalue weighted by Gasteiger charge is 2.40. The van der Waals surface area contributed by atoms with Crippen molar-refractivity contribution in [3.8, 4) is 0 Å². The molecule has 1 aliphatic rings. The highest BCUT2D eigenvalue weighted by atomic mass is 35.5. The van der Waals surface area contributed by atoms with E-state index < -0.39 is 38.6 Å². The topological polar surface area (TPSA) is 66.5 Å². The number of hydrogen-bond donors (Lipinski definition) is 1. The van der Waals surface area contributed by atoms with Crippen molar-refractivity contribution >= 4 is 44.8 Å². The van der Waals surface area contributed by atoms with Crippen molar-refractivity contribution in [1.82, 2.24) is 4.31 Å². The summed E-state index contributed by atoms with van der Waals surface area (Å²) in [6.07, 6.45) is -4.05. The second-order valence-corrected chi connectivity index (χ2v) is 9.21. The molecule has 1 amide bonds. The van der Waals surface area contributed by atoms with Gasteiger partial charge in [-0.3, -0.25) is 4.79 Å². The van der Waals surface area contributed by atoms with Crippen molar-refractivity contribution in [2.75, 3.05) is 11.9 Å². The number of carbonyl (C=O) groups is 1. The average molecular weight is 467 g/mol. The van der Waals surface area contributed by atoms with Gasteiger partial charge in [0.2, 0.25) is 15.9 Å². The van der Waals surface area contributed by atoms with Crippen LogP contribution in [0, 0.1) is 0 Å². The molecule has 1 heterocycles. The molecule has 156 valence electrons. The largest absolute Gasteiger partial charge is 0.416 e. The van der Waals surface area contributed by atoms with Crippen molar-refractivity contribution in [2.24, 2.45) is 0 Å². The Morgan fingerprint density at radius 2 is 1.76 bits per heavy atom. The molecule has 1 N–H and O–H groups in total. The molecule has 0 aliphatic carbocycles. The highest BCUT2D eigenvalue weighted by molar-refractivity contribution is 7.89. The smallest absolute Gasteiger partial charge is 0.325 e. The van der Waals surface area contributed by atoms with Crippen LogP contribution in [0.4, 0.5) is 18.9 Å². The number of nitrogens with one attached hydrogen (secondary N) is 1.